The lowest BCUT2D eigenvalue weighted by Gasteiger charge is -2.11. The van der Waals surface area contributed by atoms with Crippen molar-refractivity contribution in [2.24, 2.45) is 0 Å². The third kappa shape index (κ3) is 2.74. The van der Waals surface area contributed by atoms with E-state index in [0.717, 1.165) is 42.7 Å². The SMILES string of the molecule is Cl.Clc1cc(Cc2ccccc2)cc2c3c(oc12)CCNC3. The van der Waals surface area contributed by atoms with E-state index in [0.29, 0.717) is 5.02 Å². The third-order valence-electron chi connectivity index (χ3n) is 4.07. The molecule has 0 spiro atoms. The summed E-state index contributed by atoms with van der Waals surface area (Å²) in [5.41, 5.74) is 4.63. The molecular weight excluding hydrogens is 317 g/mol. The Kier molecular flexibility index (Phi) is 4.44. The fraction of sp³-hybridized carbons (Fsp3) is 0.222. The molecule has 114 valence electrons. The predicted octanol–water partition coefficient (Wildman–Crippen LogP) is 4.74. The molecule has 4 heteroatoms. The molecule has 3 aromatic rings. The molecule has 4 rings (SSSR count). The molecule has 22 heavy (non-hydrogen) atoms. The maximum atomic E-state index is 6.43. The molecule has 0 bridgehead atoms. The topological polar surface area (TPSA) is 25.2 Å². The van der Waals surface area contributed by atoms with Gasteiger partial charge in [0.15, 0.2) is 5.58 Å². The number of furan rings is 1. The van der Waals surface area contributed by atoms with Gasteiger partial charge in [-0.3, -0.25) is 0 Å². The van der Waals surface area contributed by atoms with Crippen LogP contribution in [0.25, 0.3) is 11.0 Å². The van der Waals surface area contributed by atoms with E-state index in [4.69, 9.17) is 16.0 Å². The van der Waals surface area contributed by atoms with Crippen LogP contribution in [0.15, 0.2) is 46.9 Å². The summed E-state index contributed by atoms with van der Waals surface area (Å²) in [4.78, 5) is 0. The van der Waals surface area contributed by atoms with Crippen LogP contribution in [0.2, 0.25) is 5.02 Å². The minimum atomic E-state index is 0. The molecule has 0 saturated carbocycles. The molecule has 2 heterocycles. The summed E-state index contributed by atoms with van der Waals surface area (Å²) in [5, 5.41) is 5.28. The summed E-state index contributed by atoms with van der Waals surface area (Å²) < 4.78 is 5.95. The highest BCUT2D eigenvalue weighted by molar-refractivity contribution is 6.35. The average Bonchev–Trinajstić information content (AvgIpc) is 2.88. The van der Waals surface area contributed by atoms with Gasteiger partial charge in [0.2, 0.25) is 0 Å². The Labute approximate surface area is 140 Å². The lowest BCUT2D eigenvalue weighted by atomic mass is 10.0. The molecule has 1 aromatic heterocycles. The summed E-state index contributed by atoms with van der Waals surface area (Å²) in [6.07, 6.45) is 1.83. The molecule has 1 aliphatic heterocycles. The van der Waals surface area contributed by atoms with Gasteiger partial charge in [0.1, 0.15) is 5.76 Å². The van der Waals surface area contributed by atoms with E-state index in [-0.39, 0.29) is 12.4 Å². The van der Waals surface area contributed by atoms with E-state index in [1.54, 1.807) is 0 Å². The van der Waals surface area contributed by atoms with Crippen molar-refractivity contribution in [2.45, 2.75) is 19.4 Å². The molecule has 2 nitrogen and oxygen atoms in total. The normalized spacial score (nSPS) is 13.7. The van der Waals surface area contributed by atoms with Crippen LogP contribution < -0.4 is 5.32 Å². The second-order valence-electron chi connectivity index (χ2n) is 5.55. The Balaban J connectivity index is 0.00000144. The van der Waals surface area contributed by atoms with Crippen molar-refractivity contribution < 1.29 is 4.42 Å². The molecule has 0 fully saturated rings. The molecule has 0 amide bonds. The minimum Gasteiger partial charge on any atom is -0.459 e. The van der Waals surface area contributed by atoms with Crippen LogP contribution in [0.4, 0.5) is 0 Å². The molecule has 1 N–H and O–H groups in total. The number of halogens is 2. The third-order valence-corrected chi connectivity index (χ3v) is 4.35. The maximum absolute atomic E-state index is 6.43. The van der Waals surface area contributed by atoms with Crippen molar-refractivity contribution in [2.75, 3.05) is 6.54 Å². The van der Waals surface area contributed by atoms with Gasteiger partial charge in [0.05, 0.1) is 5.02 Å². The van der Waals surface area contributed by atoms with Crippen LogP contribution in [0.3, 0.4) is 0 Å². The summed E-state index contributed by atoms with van der Waals surface area (Å²) >= 11 is 6.43. The Morgan fingerprint density at radius 3 is 2.73 bits per heavy atom. The maximum Gasteiger partial charge on any atom is 0.153 e. The Morgan fingerprint density at radius 1 is 1.09 bits per heavy atom. The molecule has 0 aliphatic carbocycles. The number of hydrogen-bond acceptors (Lipinski definition) is 2. The monoisotopic (exact) mass is 333 g/mol. The number of benzene rings is 2. The molecule has 0 atom stereocenters. The number of rotatable bonds is 2. The summed E-state index contributed by atoms with van der Waals surface area (Å²) in [5.74, 6) is 1.09. The number of hydrogen-bond donors (Lipinski definition) is 1. The fourth-order valence-corrected chi connectivity index (χ4v) is 3.34. The Morgan fingerprint density at radius 2 is 1.91 bits per heavy atom. The zero-order valence-electron chi connectivity index (χ0n) is 12.1. The van der Waals surface area contributed by atoms with E-state index < -0.39 is 0 Å². The van der Waals surface area contributed by atoms with Gasteiger partial charge in [0.25, 0.3) is 0 Å². The Hall–Kier alpha value is -1.48. The predicted molar refractivity (Wildman–Crippen MR) is 93.1 cm³/mol. The first-order valence-electron chi connectivity index (χ1n) is 7.28. The molecular formula is C18H17Cl2NO. The van der Waals surface area contributed by atoms with Crippen LogP contribution >= 0.6 is 24.0 Å². The molecule has 1 aliphatic rings. The van der Waals surface area contributed by atoms with E-state index in [9.17, 15) is 0 Å². The highest BCUT2D eigenvalue weighted by Gasteiger charge is 2.19. The van der Waals surface area contributed by atoms with Gasteiger partial charge in [-0.05, 0) is 29.7 Å². The highest BCUT2D eigenvalue weighted by Crippen LogP contribution is 2.34. The van der Waals surface area contributed by atoms with Gasteiger partial charge in [-0.2, -0.15) is 0 Å². The van der Waals surface area contributed by atoms with Crippen LogP contribution in [0, 0.1) is 0 Å². The van der Waals surface area contributed by atoms with Gasteiger partial charge in [0, 0.05) is 30.5 Å². The van der Waals surface area contributed by atoms with Crippen molar-refractivity contribution in [3.05, 3.63) is 69.9 Å². The van der Waals surface area contributed by atoms with Crippen LogP contribution in [-0.4, -0.2) is 6.54 Å². The van der Waals surface area contributed by atoms with E-state index in [1.165, 1.54) is 16.7 Å². The number of fused-ring (bicyclic) bond motifs is 3. The first-order chi connectivity index (χ1) is 10.3. The van der Waals surface area contributed by atoms with Crippen molar-refractivity contribution in [3.8, 4) is 0 Å². The number of nitrogens with one attached hydrogen (secondary N) is 1. The minimum absolute atomic E-state index is 0. The smallest absolute Gasteiger partial charge is 0.153 e. The zero-order chi connectivity index (χ0) is 14.2. The van der Waals surface area contributed by atoms with Crippen LogP contribution in [0.1, 0.15) is 22.5 Å². The second kappa shape index (κ2) is 6.33. The fourth-order valence-electron chi connectivity index (χ4n) is 3.06. The molecule has 0 saturated heterocycles. The van der Waals surface area contributed by atoms with Crippen molar-refractivity contribution in [3.63, 3.8) is 0 Å². The van der Waals surface area contributed by atoms with E-state index >= 15 is 0 Å². The van der Waals surface area contributed by atoms with Gasteiger partial charge in [-0.15, -0.1) is 12.4 Å². The summed E-state index contributed by atoms with van der Waals surface area (Å²) in [7, 11) is 0. The van der Waals surface area contributed by atoms with Crippen LogP contribution in [-0.2, 0) is 19.4 Å². The zero-order valence-corrected chi connectivity index (χ0v) is 13.6. The lowest BCUT2D eigenvalue weighted by Crippen LogP contribution is -2.22. The molecule has 0 radical (unpaired) electrons. The Bertz CT molecular complexity index is 796. The quantitative estimate of drug-likeness (QED) is 0.732. The lowest BCUT2D eigenvalue weighted by molar-refractivity contribution is 0.500. The summed E-state index contributed by atoms with van der Waals surface area (Å²) in [6.45, 7) is 1.84. The average molecular weight is 334 g/mol. The van der Waals surface area contributed by atoms with Crippen molar-refractivity contribution in [1.29, 1.82) is 0 Å². The van der Waals surface area contributed by atoms with E-state index in [1.807, 2.05) is 12.1 Å². The molecule has 2 aromatic carbocycles. The standard InChI is InChI=1S/C18H16ClNO.ClH/c19-16-10-13(8-12-4-2-1-3-5-12)9-14-15-11-20-7-6-17(15)21-18(14)16;/h1-5,9-10,20H,6-8,11H2;1H. The first-order valence-corrected chi connectivity index (χ1v) is 7.66. The molecule has 0 unspecified atom stereocenters. The van der Waals surface area contributed by atoms with Crippen molar-refractivity contribution >= 4 is 35.0 Å². The van der Waals surface area contributed by atoms with Gasteiger partial charge in [-0.1, -0.05) is 41.9 Å². The van der Waals surface area contributed by atoms with Crippen molar-refractivity contribution in [1.82, 2.24) is 5.32 Å². The largest absolute Gasteiger partial charge is 0.459 e. The van der Waals surface area contributed by atoms with E-state index in [2.05, 4.69) is 35.6 Å². The van der Waals surface area contributed by atoms with Gasteiger partial charge < -0.3 is 9.73 Å². The van der Waals surface area contributed by atoms with Crippen LogP contribution in [0.5, 0.6) is 0 Å². The summed E-state index contributed by atoms with van der Waals surface area (Å²) in [6, 6.07) is 14.7. The van der Waals surface area contributed by atoms with Gasteiger partial charge >= 0.3 is 0 Å². The van der Waals surface area contributed by atoms with Gasteiger partial charge in [-0.25, -0.2) is 0 Å². The second-order valence-corrected chi connectivity index (χ2v) is 5.95. The first kappa shape index (κ1) is 15.4. The highest BCUT2D eigenvalue weighted by atomic mass is 35.5.